The maximum Gasteiger partial charge on any atom is 0.428 e. The lowest BCUT2D eigenvalue weighted by atomic mass is 10.1. The Bertz CT molecular complexity index is 568. The molecule has 0 aromatic heterocycles. The van der Waals surface area contributed by atoms with Crippen LogP contribution in [0.5, 0.6) is 0 Å². The van der Waals surface area contributed by atoms with Crippen LogP contribution in [0.15, 0.2) is 42.5 Å². The molecular weight excluding hydrogens is 250 g/mol. The summed E-state index contributed by atoms with van der Waals surface area (Å²) in [6.45, 7) is 3.85. The molecule has 0 aliphatic carbocycles. The molecule has 0 atom stereocenters. The number of rotatable bonds is 3. The van der Waals surface area contributed by atoms with E-state index in [0.717, 1.165) is 16.5 Å². The Morgan fingerprint density at radius 3 is 2.44 bits per heavy atom. The Balaban J connectivity index is 2.41. The molecule has 0 saturated carbocycles. The van der Waals surface area contributed by atoms with E-state index in [-0.39, 0.29) is 6.04 Å². The second kappa shape index (κ2) is 5.27. The van der Waals surface area contributed by atoms with Gasteiger partial charge in [0.1, 0.15) is 0 Å². The molecule has 94 valence electrons. The third kappa shape index (κ3) is 2.74. The van der Waals surface area contributed by atoms with Crippen molar-refractivity contribution in [2.75, 3.05) is 5.06 Å². The zero-order chi connectivity index (χ0) is 13.1. The van der Waals surface area contributed by atoms with Crippen molar-refractivity contribution in [2.24, 2.45) is 0 Å². The summed E-state index contributed by atoms with van der Waals surface area (Å²) in [7, 11) is 0. The van der Waals surface area contributed by atoms with E-state index in [1.165, 1.54) is 5.06 Å². The Labute approximate surface area is 111 Å². The molecule has 3 nitrogen and oxygen atoms in total. The minimum absolute atomic E-state index is 0.00821. The van der Waals surface area contributed by atoms with Gasteiger partial charge >= 0.3 is 5.43 Å². The number of hydrogen-bond donors (Lipinski definition) is 0. The van der Waals surface area contributed by atoms with Crippen LogP contribution in [0, 0.1) is 0 Å². The van der Waals surface area contributed by atoms with Crippen molar-refractivity contribution in [1.82, 2.24) is 0 Å². The predicted octanol–water partition coefficient (Wildman–Crippen LogP) is 4.35. The predicted molar refractivity (Wildman–Crippen MR) is 73.9 cm³/mol. The summed E-state index contributed by atoms with van der Waals surface area (Å²) >= 11 is 5.28. The first kappa shape index (κ1) is 12.7. The molecule has 18 heavy (non-hydrogen) atoms. The van der Waals surface area contributed by atoms with Gasteiger partial charge in [0.25, 0.3) is 0 Å². The first-order valence-corrected chi connectivity index (χ1v) is 6.11. The molecule has 0 heterocycles. The minimum atomic E-state index is -0.836. The zero-order valence-corrected chi connectivity index (χ0v) is 11.0. The van der Waals surface area contributed by atoms with Gasteiger partial charge in [-0.15, -0.1) is 0 Å². The lowest BCUT2D eigenvalue weighted by Crippen LogP contribution is -2.31. The monoisotopic (exact) mass is 263 g/mol. The Morgan fingerprint density at radius 1 is 1.17 bits per heavy atom. The van der Waals surface area contributed by atoms with E-state index in [9.17, 15) is 4.79 Å². The molecule has 2 rings (SSSR count). The van der Waals surface area contributed by atoms with Crippen LogP contribution in [0.1, 0.15) is 13.8 Å². The van der Waals surface area contributed by atoms with E-state index in [1.807, 2.05) is 56.3 Å². The average molecular weight is 264 g/mol. The van der Waals surface area contributed by atoms with E-state index >= 15 is 0 Å². The maximum absolute atomic E-state index is 10.9. The van der Waals surface area contributed by atoms with Gasteiger partial charge in [0.2, 0.25) is 0 Å². The highest BCUT2D eigenvalue weighted by molar-refractivity contribution is 6.61. The highest BCUT2D eigenvalue weighted by Crippen LogP contribution is 2.24. The standard InChI is InChI=1S/C14H14ClNO2/c1-10(2)16(18-14(15)17)13-8-7-11-5-3-4-6-12(11)9-13/h3-10H,1-2H3. The van der Waals surface area contributed by atoms with Crippen LogP contribution >= 0.6 is 11.6 Å². The Morgan fingerprint density at radius 2 is 1.83 bits per heavy atom. The first-order chi connectivity index (χ1) is 8.58. The quantitative estimate of drug-likeness (QED) is 0.609. The highest BCUT2D eigenvalue weighted by atomic mass is 35.5. The molecule has 0 saturated heterocycles. The van der Waals surface area contributed by atoms with Crippen LogP contribution in [-0.2, 0) is 4.84 Å². The molecule has 0 bridgehead atoms. The number of fused-ring (bicyclic) bond motifs is 1. The van der Waals surface area contributed by atoms with Crippen LogP contribution in [0.2, 0.25) is 0 Å². The maximum atomic E-state index is 10.9. The van der Waals surface area contributed by atoms with Crippen LogP contribution in [-0.4, -0.2) is 11.5 Å². The topological polar surface area (TPSA) is 29.5 Å². The van der Waals surface area contributed by atoms with E-state index in [1.54, 1.807) is 0 Å². The SMILES string of the molecule is CC(C)N(OC(=O)Cl)c1ccc2ccccc2c1. The molecule has 0 amide bonds. The smallest absolute Gasteiger partial charge is 0.326 e. The lowest BCUT2D eigenvalue weighted by Gasteiger charge is -2.25. The summed E-state index contributed by atoms with van der Waals surface area (Å²) in [6, 6.07) is 13.9. The summed E-state index contributed by atoms with van der Waals surface area (Å²) in [5.41, 5.74) is -0.0328. The number of carbonyl (C=O) groups is 1. The van der Waals surface area contributed by atoms with E-state index in [2.05, 4.69) is 0 Å². The van der Waals surface area contributed by atoms with Gasteiger partial charge in [0, 0.05) is 11.6 Å². The summed E-state index contributed by atoms with van der Waals surface area (Å²) in [4.78, 5) is 15.9. The molecule has 0 aliphatic rings. The van der Waals surface area contributed by atoms with Gasteiger partial charge < -0.3 is 4.84 Å². The number of nitrogens with zero attached hydrogens (tertiary/aromatic N) is 1. The molecule has 2 aromatic carbocycles. The molecular formula is C14H14ClNO2. The van der Waals surface area contributed by atoms with Crippen LogP contribution in [0.3, 0.4) is 0 Å². The highest BCUT2D eigenvalue weighted by Gasteiger charge is 2.15. The summed E-state index contributed by atoms with van der Waals surface area (Å²) in [5.74, 6) is 0. The van der Waals surface area contributed by atoms with Crippen molar-refractivity contribution in [1.29, 1.82) is 0 Å². The fourth-order valence-corrected chi connectivity index (χ4v) is 1.92. The fraction of sp³-hybridized carbons (Fsp3) is 0.214. The van der Waals surface area contributed by atoms with Crippen molar-refractivity contribution in [3.05, 3.63) is 42.5 Å². The van der Waals surface area contributed by atoms with E-state index < -0.39 is 5.43 Å². The van der Waals surface area contributed by atoms with Crippen molar-refractivity contribution in [3.8, 4) is 0 Å². The molecule has 0 spiro atoms. The summed E-state index contributed by atoms with van der Waals surface area (Å²) < 4.78 is 0. The summed E-state index contributed by atoms with van der Waals surface area (Å²) in [6.07, 6.45) is 0. The molecule has 0 radical (unpaired) electrons. The molecule has 0 aliphatic heterocycles. The number of benzene rings is 2. The van der Waals surface area contributed by atoms with Crippen molar-refractivity contribution in [3.63, 3.8) is 0 Å². The van der Waals surface area contributed by atoms with Crippen LogP contribution in [0.4, 0.5) is 10.5 Å². The zero-order valence-electron chi connectivity index (χ0n) is 10.3. The molecule has 0 unspecified atom stereocenters. The lowest BCUT2D eigenvalue weighted by molar-refractivity contribution is 0.149. The van der Waals surface area contributed by atoms with Gasteiger partial charge in [-0.05, 0) is 36.8 Å². The second-order valence-electron chi connectivity index (χ2n) is 4.28. The number of halogens is 1. The minimum Gasteiger partial charge on any atom is -0.326 e. The Kier molecular flexibility index (Phi) is 3.72. The van der Waals surface area contributed by atoms with Gasteiger partial charge in [-0.3, -0.25) is 0 Å². The third-order valence-corrected chi connectivity index (χ3v) is 2.70. The summed E-state index contributed by atoms with van der Waals surface area (Å²) in [5, 5.41) is 3.73. The van der Waals surface area contributed by atoms with Gasteiger partial charge in [-0.1, -0.05) is 30.3 Å². The molecule has 0 fully saturated rings. The fourth-order valence-electron chi connectivity index (χ4n) is 1.85. The van der Waals surface area contributed by atoms with Crippen molar-refractivity contribution in [2.45, 2.75) is 19.9 Å². The average Bonchev–Trinajstić information content (AvgIpc) is 2.35. The largest absolute Gasteiger partial charge is 0.428 e. The second-order valence-corrected chi connectivity index (χ2v) is 4.59. The molecule has 2 aromatic rings. The van der Waals surface area contributed by atoms with Gasteiger partial charge in [0.15, 0.2) is 0 Å². The first-order valence-electron chi connectivity index (χ1n) is 5.73. The van der Waals surface area contributed by atoms with Gasteiger partial charge in [-0.25, -0.2) is 9.86 Å². The molecule has 4 heteroatoms. The van der Waals surface area contributed by atoms with Gasteiger partial charge in [0.05, 0.1) is 11.7 Å². The molecule has 0 N–H and O–H groups in total. The number of hydrogen-bond acceptors (Lipinski definition) is 3. The third-order valence-electron chi connectivity index (χ3n) is 2.63. The number of anilines is 1. The number of hydroxylamine groups is 1. The van der Waals surface area contributed by atoms with Gasteiger partial charge in [-0.2, -0.15) is 0 Å². The van der Waals surface area contributed by atoms with Crippen LogP contribution < -0.4 is 5.06 Å². The van der Waals surface area contributed by atoms with Crippen molar-refractivity contribution < 1.29 is 9.63 Å². The van der Waals surface area contributed by atoms with E-state index in [0.29, 0.717) is 0 Å². The normalized spacial score (nSPS) is 10.7. The van der Waals surface area contributed by atoms with Crippen LogP contribution in [0.25, 0.3) is 10.8 Å². The number of carbonyl (C=O) groups excluding carboxylic acids is 1. The van der Waals surface area contributed by atoms with E-state index in [4.69, 9.17) is 16.4 Å². The van der Waals surface area contributed by atoms with Crippen molar-refractivity contribution >= 4 is 33.5 Å². The Hall–Kier alpha value is -1.74.